The number of pyridine rings is 1. The van der Waals surface area contributed by atoms with E-state index in [1.54, 1.807) is 6.07 Å². The predicted molar refractivity (Wildman–Crippen MR) is 84.9 cm³/mol. The van der Waals surface area contributed by atoms with E-state index in [1.807, 2.05) is 17.9 Å². The fraction of sp³-hybridized carbons (Fsp3) is 0.444. The number of carbonyl (C=O) groups is 1. The molecule has 1 aromatic heterocycles. The first-order valence-electron chi connectivity index (χ1n) is 8.13. The van der Waals surface area contributed by atoms with Crippen molar-refractivity contribution in [2.75, 3.05) is 13.2 Å². The van der Waals surface area contributed by atoms with E-state index < -0.39 is 0 Å². The van der Waals surface area contributed by atoms with Crippen LogP contribution in [-0.2, 0) is 4.74 Å². The highest BCUT2D eigenvalue weighted by Gasteiger charge is 2.39. The summed E-state index contributed by atoms with van der Waals surface area (Å²) in [5, 5.41) is 0.789. The molecular weight excluding hydrogens is 295 g/mol. The summed E-state index contributed by atoms with van der Waals surface area (Å²) in [5.41, 5.74) is 1.84. The van der Waals surface area contributed by atoms with Gasteiger partial charge in [0, 0.05) is 18.0 Å². The molecule has 1 saturated carbocycles. The van der Waals surface area contributed by atoms with E-state index in [0.29, 0.717) is 29.9 Å². The number of benzene rings is 1. The minimum Gasteiger partial charge on any atom is -0.374 e. The Morgan fingerprint density at radius 2 is 2.22 bits per heavy atom. The molecule has 1 aliphatic heterocycles. The zero-order valence-corrected chi connectivity index (χ0v) is 13.1. The molecule has 0 bridgehead atoms. The number of morpholine rings is 1. The molecule has 4 nitrogen and oxygen atoms in total. The second-order valence-electron chi connectivity index (χ2n) is 6.36. The SMILES string of the molecule is Cc1nc2cc(F)ccc2cc1C(=O)N1CCOC2CCCC21. The Morgan fingerprint density at radius 3 is 3.09 bits per heavy atom. The lowest BCUT2D eigenvalue weighted by atomic mass is 10.1. The van der Waals surface area contributed by atoms with Gasteiger partial charge in [-0.05, 0) is 44.4 Å². The van der Waals surface area contributed by atoms with E-state index in [4.69, 9.17) is 4.74 Å². The molecule has 0 spiro atoms. The van der Waals surface area contributed by atoms with Gasteiger partial charge in [0.05, 0.1) is 35.5 Å². The number of carbonyl (C=O) groups excluding carboxylic acids is 1. The summed E-state index contributed by atoms with van der Waals surface area (Å²) in [6.45, 7) is 3.03. The summed E-state index contributed by atoms with van der Waals surface area (Å²) in [7, 11) is 0. The van der Waals surface area contributed by atoms with Crippen LogP contribution in [0.15, 0.2) is 24.3 Å². The van der Waals surface area contributed by atoms with Crippen LogP contribution in [0.5, 0.6) is 0 Å². The maximum atomic E-state index is 13.3. The molecule has 1 aromatic carbocycles. The zero-order valence-electron chi connectivity index (χ0n) is 13.1. The minimum atomic E-state index is -0.314. The van der Waals surface area contributed by atoms with E-state index >= 15 is 0 Å². The highest BCUT2D eigenvalue weighted by molar-refractivity contribution is 5.99. The maximum Gasteiger partial charge on any atom is 0.256 e. The highest BCUT2D eigenvalue weighted by Crippen LogP contribution is 2.31. The molecule has 4 rings (SSSR count). The predicted octanol–water partition coefficient (Wildman–Crippen LogP) is 3.08. The van der Waals surface area contributed by atoms with Crippen molar-refractivity contribution < 1.29 is 13.9 Å². The van der Waals surface area contributed by atoms with Crippen molar-refractivity contribution >= 4 is 16.8 Å². The third-order valence-corrected chi connectivity index (χ3v) is 4.94. The van der Waals surface area contributed by atoms with Crippen molar-refractivity contribution in [1.82, 2.24) is 9.88 Å². The number of halogens is 1. The molecule has 1 aliphatic carbocycles. The van der Waals surface area contributed by atoms with Crippen LogP contribution in [0.2, 0.25) is 0 Å². The molecule has 2 aromatic rings. The lowest BCUT2D eigenvalue weighted by molar-refractivity contribution is -0.0445. The summed E-state index contributed by atoms with van der Waals surface area (Å²) < 4.78 is 19.1. The van der Waals surface area contributed by atoms with Crippen LogP contribution in [0.25, 0.3) is 10.9 Å². The lowest BCUT2D eigenvalue weighted by Gasteiger charge is -2.37. The van der Waals surface area contributed by atoms with Crippen LogP contribution >= 0.6 is 0 Å². The number of aromatic nitrogens is 1. The Hall–Kier alpha value is -2.01. The molecule has 2 fully saturated rings. The van der Waals surface area contributed by atoms with Crippen molar-refractivity contribution in [2.45, 2.75) is 38.3 Å². The van der Waals surface area contributed by atoms with Gasteiger partial charge < -0.3 is 9.64 Å². The summed E-state index contributed by atoms with van der Waals surface area (Å²) in [4.78, 5) is 19.4. The molecule has 2 unspecified atom stereocenters. The zero-order chi connectivity index (χ0) is 16.0. The summed E-state index contributed by atoms with van der Waals surface area (Å²) in [6, 6.07) is 6.48. The number of hydrogen-bond donors (Lipinski definition) is 0. The van der Waals surface area contributed by atoms with Gasteiger partial charge in [0.15, 0.2) is 0 Å². The first-order valence-corrected chi connectivity index (χ1v) is 8.13. The van der Waals surface area contributed by atoms with Crippen molar-refractivity contribution in [3.63, 3.8) is 0 Å². The van der Waals surface area contributed by atoms with Crippen LogP contribution < -0.4 is 0 Å². The van der Waals surface area contributed by atoms with Crippen molar-refractivity contribution in [2.24, 2.45) is 0 Å². The maximum absolute atomic E-state index is 13.3. The molecule has 1 amide bonds. The van der Waals surface area contributed by atoms with Gasteiger partial charge in [-0.1, -0.05) is 0 Å². The Balaban J connectivity index is 1.71. The van der Waals surface area contributed by atoms with Gasteiger partial charge in [-0.3, -0.25) is 9.78 Å². The van der Waals surface area contributed by atoms with Crippen LogP contribution in [0, 0.1) is 12.7 Å². The Labute approximate surface area is 134 Å². The van der Waals surface area contributed by atoms with Gasteiger partial charge in [-0.25, -0.2) is 4.39 Å². The van der Waals surface area contributed by atoms with Gasteiger partial charge in [-0.15, -0.1) is 0 Å². The molecule has 1 saturated heterocycles. The lowest BCUT2D eigenvalue weighted by Crippen LogP contribution is -2.51. The normalized spacial score (nSPS) is 24.0. The summed E-state index contributed by atoms with van der Waals surface area (Å²) in [6.07, 6.45) is 3.31. The van der Waals surface area contributed by atoms with Crippen molar-refractivity contribution in [3.05, 3.63) is 41.3 Å². The molecule has 0 N–H and O–H groups in total. The van der Waals surface area contributed by atoms with Crippen molar-refractivity contribution in [3.8, 4) is 0 Å². The van der Waals surface area contributed by atoms with Crippen LogP contribution in [-0.4, -0.2) is 41.1 Å². The molecule has 2 heterocycles. The largest absolute Gasteiger partial charge is 0.374 e. The third-order valence-electron chi connectivity index (χ3n) is 4.94. The fourth-order valence-electron chi connectivity index (χ4n) is 3.79. The van der Waals surface area contributed by atoms with Crippen LogP contribution in [0.3, 0.4) is 0 Å². The second-order valence-corrected chi connectivity index (χ2v) is 6.36. The molecule has 0 radical (unpaired) electrons. The fourth-order valence-corrected chi connectivity index (χ4v) is 3.79. The standard InChI is InChI=1S/C18H19FN2O2/c1-11-14(9-12-5-6-13(19)10-15(12)20-11)18(22)21-7-8-23-17-4-2-3-16(17)21/h5-6,9-10,16-17H,2-4,7-8H2,1H3. The molecular formula is C18H19FN2O2. The average Bonchev–Trinajstić information content (AvgIpc) is 3.02. The van der Waals surface area contributed by atoms with Gasteiger partial charge in [0.25, 0.3) is 5.91 Å². The summed E-state index contributed by atoms with van der Waals surface area (Å²) in [5.74, 6) is -0.299. The quantitative estimate of drug-likeness (QED) is 0.812. The van der Waals surface area contributed by atoms with E-state index in [2.05, 4.69) is 4.98 Å². The number of ether oxygens (including phenoxy) is 1. The first-order chi connectivity index (χ1) is 11.1. The number of hydrogen-bond acceptors (Lipinski definition) is 3. The smallest absolute Gasteiger partial charge is 0.256 e. The van der Waals surface area contributed by atoms with Gasteiger partial charge >= 0.3 is 0 Å². The van der Waals surface area contributed by atoms with Crippen LogP contribution in [0.1, 0.15) is 35.3 Å². The highest BCUT2D eigenvalue weighted by atomic mass is 19.1. The van der Waals surface area contributed by atoms with E-state index in [0.717, 1.165) is 24.6 Å². The minimum absolute atomic E-state index is 0.0152. The number of amides is 1. The van der Waals surface area contributed by atoms with E-state index in [1.165, 1.54) is 12.1 Å². The van der Waals surface area contributed by atoms with E-state index in [-0.39, 0.29) is 23.9 Å². The van der Waals surface area contributed by atoms with E-state index in [9.17, 15) is 9.18 Å². The Kier molecular flexibility index (Phi) is 3.53. The second kappa shape index (κ2) is 5.57. The molecule has 2 aliphatic rings. The van der Waals surface area contributed by atoms with Crippen LogP contribution in [0.4, 0.5) is 4.39 Å². The Bertz CT molecular complexity index is 777. The number of aryl methyl sites for hydroxylation is 1. The Morgan fingerprint density at radius 1 is 1.35 bits per heavy atom. The topological polar surface area (TPSA) is 42.4 Å². The molecule has 5 heteroatoms. The van der Waals surface area contributed by atoms with Gasteiger partial charge in [0.2, 0.25) is 0 Å². The number of rotatable bonds is 1. The number of nitrogens with zero attached hydrogens (tertiary/aromatic N) is 2. The van der Waals surface area contributed by atoms with Gasteiger partial charge in [0.1, 0.15) is 5.82 Å². The van der Waals surface area contributed by atoms with Crippen molar-refractivity contribution in [1.29, 1.82) is 0 Å². The average molecular weight is 314 g/mol. The number of fused-ring (bicyclic) bond motifs is 2. The molecule has 120 valence electrons. The third kappa shape index (κ3) is 2.49. The molecule has 2 atom stereocenters. The summed E-state index contributed by atoms with van der Waals surface area (Å²) >= 11 is 0. The monoisotopic (exact) mass is 314 g/mol. The first kappa shape index (κ1) is 14.6. The van der Waals surface area contributed by atoms with Gasteiger partial charge in [-0.2, -0.15) is 0 Å². The molecule has 23 heavy (non-hydrogen) atoms.